The molecule has 0 saturated carbocycles. The van der Waals surface area contributed by atoms with Crippen molar-refractivity contribution in [2.45, 2.75) is 98.4 Å². The van der Waals surface area contributed by atoms with Gasteiger partial charge in [-0.25, -0.2) is 8.78 Å². The van der Waals surface area contributed by atoms with Gasteiger partial charge in [-0.2, -0.15) is 0 Å². The highest BCUT2D eigenvalue weighted by Gasteiger charge is 2.51. The van der Waals surface area contributed by atoms with Gasteiger partial charge in [0.05, 0.1) is 22.2 Å². The lowest BCUT2D eigenvalue weighted by molar-refractivity contribution is 0.00578. The third-order valence-electron chi connectivity index (χ3n) is 15.0. The monoisotopic (exact) mass is 1000 g/mol. The van der Waals surface area contributed by atoms with E-state index in [1.54, 1.807) is 19.2 Å². The first-order chi connectivity index (χ1) is 35.8. The van der Waals surface area contributed by atoms with Crippen LogP contribution in [0.5, 0.6) is 0 Å². The summed E-state index contributed by atoms with van der Waals surface area (Å²) in [5.41, 5.74) is 13.5. The fourth-order valence-corrected chi connectivity index (χ4v) is 10.6. The van der Waals surface area contributed by atoms with Crippen molar-refractivity contribution in [3.05, 3.63) is 199 Å². The summed E-state index contributed by atoms with van der Waals surface area (Å²) >= 11 is 0. The summed E-state index contributed by atoms with van der Waals surface area (Å²) < 4.78 is 56.6. The highest BCUT2D eigenvalue weighted by Crippen LogP contribution is 2.50. The standard InChI is InChI=1S/C62H59B2F2N3O4.C2H6/c1-59(2,3)71-63(70-10)40-15-23-44(24-16-40)67(46-27-19-42(65)20-28-46)48-32-35-57-53(37-48)54-38-49(33-36-58(54)69(57)50-31-34-52-51-13-11-12-14-55(51)60(4,5)56(52)39-50)68(47-29-21-43(66)22-30-47)45-25-17-41(18-26-45)64-72-61(6,7)62(8,9)73-64;1-2/h11-39H,1-10H3;1-2H3. The molecule has 1 aliphatic heterocycles. The number of halogens is 2. The Balaban J connectivity index is 0.00000317. The normalized spacial score (nSPS) is 15.1. The van der Waals surface area contributed by atoms with Crippen LogP contribution in [0.15, 0.2) is 176 Å². The lowest BCUT2D eigenvalue weighted by Gasteiger charge is -2.32. The minimum absolute atomic E-state index is 0.206. The molecule has 7 nitrogen and oxygen atoms in total. The second-order valence-corrected chi connectivity index (χ2v) is 21.8. The number of rotatable bonds is 11. The van der Waals surface area contributed by atoms with Crippen molar-refractivity contribution < 1.29 is 27.4 Å². The molecule has 1 aliphatic carbocycles. The van der Waals surface area contributed by atoms with Gasteiger partial charge in [-0.15, -0.1) is 0 Å². The smallest absolute Gasteiger partial charge is 0.410 e. The molecule has 1 fully saturated rings. The molecule has 8 aromatic carbocycles. The SMILES string of the molecule is CC.COB(OC(C)(C)C)c1ccc(N(c2ccc(F)cc2)c2ccc3c(c2)c2cc(N(c4ccc(F)cc4)c4ccc(B5OC(C)(C)C(C)(C)O5)cc4)ccc2n3-c2ccc3c(c2)C(C)(C)c2ccccc2-3)cc1. The third-order valence-corrected chi connectivity index (χ3v) is 15.0. The summed E-state index contributed by atoms with van der Waals surface area (Å²) in [5.74, 6) is -0.634. The molecule has 0 N–H and O–H groups in total. The van der Waals surface area contributed by atoms with E-state index in [4.69, 9.17) is 18.6 Å². The van der Waals surface area contributed by atoms with Crippen LogP contribution in [0, 0.1) is 11.6 Å². The van der Waals surface area contributed by atoms with Crippen molar-refractivity contribution in [2.24, 2.45) is 0 Å². The molecule has 1 aromatic heterocycles. The fourth-order valence-electron chi connectivity index (χ4n) is 10.6. The predicted octanol–water partition coefficient (Wildman–Crippen LogP) is 15.8. The van der Waals surface area contributed by atoms with Crippen LogP contribution in [-0.4, -0.2) is 42.7 Å². The minimum atomic E-state index is -0.563. The summed E-state index contributed by atoms with van der Waals surface area (Å²) in [7, 11) is 0.560. The summed E-state index contributed by atoms with van der Waals surface area (Å²) in [6.07, 6.45) is 0. The van der Waals surface area contributed by atoms with E-state index in [0.717, 1.165) is 72.5 Å². The number of nitrogens with zero attached hydrogens (tertiary/aromatic N) is 3. The van der Waals surface area contributed by atoms with Gasteiger partial charge in [0.15, 0.2) is 0 Å². The molecule has 0 unspecified atom stereocenters. The van der Waals surface area contributed by atoms with Crippen LogP contribution >= 0.6 is 0 Å². The molecule has 0 amide bonds. The van der Waals surface area contributed by atoms with Gasteiger partial charge in [-0.1, -0.05) is 82.3 Å². The van der Waals surface area contributed by atoms with Gasteiger partial charge < -0.3 is 33.0 Å². The quantitative estimate of drug-likeness (QED) is 0.120. The van der Waals surface area contributed by atoms with E-state index in [2.05, 4.69) is 147 Å². The van der Waals surface area contributed by atoms with Crippen LogP contribution in [0.1, 0.15) is 87.3 Å². The van der Waals surface area contributed by atoms with E-state index in [0.29, 0.717) is 0 Å². The van der Waals surface area contributed by atoms with Crippen LogP contribution < -0.4 is 20.7 Å². The zero-order chi connectivity index (χ0) is 53.2. The highest BCUT2D eigenvalue weighted by atomic mass is 19.1. The zero-order valence-corrected chi connectivity index (χ0v) is 45.1. The minimum Gasteiger partial charge on any atom is -0.410 e. The average Bonchev–Trinajstić information content (AvgIpc) is 3.95. The summed E-state index contributed by atoms with van der Waals surface area (Å²) in [4.78, 5) is 4.29. The van der Waals surface area contributed by atoms with Gasteiger partial charge in [-0.3, -0.25) is 0 Å². The molecule has 9 aromatic rings. The average molecular weight is 1000 g/mol. The van der Waals surface area contributed by atoms with Gasteiger partial charge >= 0.3 is 14.2 Å². The second-order valence-electron chi connectivity index (χ2n) is 21.8. The Labute approximate surface area is 441 Å². The Kier molecular flexibility index (Phi) is 13.5. The van der Waals surface area contributed by atoms with Gasteiger partial charge in [0, 0.05) is 68.7 Å². The number of aromatic nitrogens is 1. The van der Waals surface area contributed by atoms with Gasteiger partial charge in [0.25, 0.3) is 0 Å². The van der Waals surface area contributed by atoms with Crippen molar-refractivity contribution >= 4 is 81.1 Å². The molecule has 0 spiro atoms. The van der Waals surface area contributed by atoms with Crippen molar-refractivity contribution in [2.75, 3.05) is 16.9 Å². The molecule has 0 radical (unpaired) electrons. The molecule has 380 valence electrons. The first-order valence-corrected chi connectivity index (χ1v) is 26.0. The maximum atomic E-state index is 14.7. The number of benzene rings is 8. The molecule has 11 heteroatoms. The number of hydrogen-bond acceptors (Lipinski definition) is 6. The lowest BCUT2D eigenvalue weighted by atomic mass is 9.78. The topological polar surface area (TPSA) is 48.3 Å². The van der Waals surface area contributed by atoms with Gasteiger partial charge in [0.1, 0.15) is 11.6 Å². The van der Waals surface area contributed by atoms with E-state index >= 15 is 0 Å². The Morgan fingerprint density at radius 3 is 1.44 bits per heavy atom. The first kappa shape index (κ1) is 51.5. The maximum absolute atomic E-state index is 14.7. The maximum Gasteiger partial charge on any atom is 0.494 e. The molecule has 11 rings (SSSR count). The number of anilines is 6. The molecular formula is C64H65B2F2N3O4. The van der Waals surface area contributed by atoms with Crippen molar-refractivity contribution in [1.29, 1.82) is 0 Å². The van der Waals surface area contributed by atoms with E-state index < -0.39 is 31.0 Å². The summed E-state index contributed by atoms with van der Waals surface area (Å²) in [6, 6.07) is 58.2. The first-order valence-electron chi connectivity index (χ1n) is 26.0. The fraction of sp³-hybridized carbons (Fsp3) is 0.250. The Morgan fingerprint density at radius 2 is 0.960 bits per heavy atom. The van der Waals surface area contributed by atoms with Crippen molar-refractivity contribution in [3.8, 4) is 16.8 Å². The third kappa shape index (κ3) is 9.45. The van der Waals surface area contributed by atoms with Gasteiger partial charge in [0.2, 0.25) is 0 Å². The van der Waals surface area contributed by atoms with E-state index in [1.165, 1.54) is 46.5 Å². The van der Waals surface area contributed by atoms with Crippen LogP contribution in [-0.2, 0) is 24.0 Å². The molecule has 75 heavy (non-hydrogen) atoms. The van der Waals surface area contributed by atoms with Crippen LogP contribution in [0.3, 0.4) is 0 Å². The molecule has 1 saturated heterocycles. The van der Waals surface area contributed by atoms with Crippen LogP contribution in [0.25, 0.3) is 38.6 Å². The number of hydrogen-bond donors (Lipinski definition) is 0. The van der Waals surface area contributed by atoms with E-state index in [9.17, 15) is 8.78 Å². The molecule has 0 bridgehead atoms. The van der Waals surface area contributed by atoms with Crippen LogP contribution in [0.4, 0.5) is 42.9 Å². The summed E-state index contributed by atoms with van der Waals surface area (Å²) in [6.45, 7) is 22.8. The van der Waals surface area contributed by atoms with Crippen molar-refractivity contribution in [3.63, 3.8) is 0 Å². The van der Waals surface area contributed by atoms with E-state index in [1.807, 2.05) is 83.1 Å². The van der Waals surface area contributed by atoms with Crippen LogP contribution in [0.2, 0.25) is 0 Å². The predicted molar refractivity (Wildman–Crippen MR) is 308 cm³/mol. The second kappa shape index (κ2) is 19.6. The lowest BCUT2D eigenvalue weighted by Crippen LogP contribution is -2.41. The molecule has 0 atom stereocenters. The Morgan fingerprint density at radius 1 is 0.520 bits per heavy atom. The summed E-state index contributed by atoms with van der Waals surface area (Å²) in [5, 5.41) is 2.02. The number of fused-ring (bicyclic) bond motifs is 6. The Bertz CT molecular complexity index is 3520. The molecule has 2 heterocycles. The Hall–Kier alpha value is -7.01. The zero-order valence-electron chi connectivity index (χ0n) is 45.1. The van der Waals surface area contributed by atoms with E-state index in [-0.39, 0.29) is 17.0 Å². The van der Waals surface area contributed by atoms with Crippen molar-refractivity contribution in [1.82, 2.24) is 4.57 Å². The molecule has 2 aliphatic rings. The largest absolute Gasteiger partial charge is 0.494 e. The molecular weight excluding hydrogens is 934 g/mol. The highest BCUT2D eigenvalue weighted by molar-refractivity contribution is 6.62. The van der Waals surface area contributed by atoms with Gasteiger partial charge in [-0.05, 0) is 203 Å².